The fourth-order valence-electron chi connectivity index (χ4n) is 3.71. The highest BCUT2D eigenvalue weighted by atomic mass is 32.1. The Bertz CT molecular complexity index is 1320. The van der Waals surface area contributed by atoms with Crippen molar-refractivity contribution in [1.29, 1.82) is 0 Å². The Morgan fingerprint density at radius 1 is 1.13 bits per heavy atom. The maximum absolute atomic E-state index is 13.0. The van der Waals surface area contributed by atoms with Crippen LogP contribution in [-0.4, -0.2) is 36.4 Å². The summed E-state index contributed by atoms with van der Waals surface area (Å²) in [5.74, 6) is 0.857. The molecule has 1 amide bonds. The van der Waals surface area contributed by atoms with Crippen LogP contribution in [0.2, 0.25) is 0 Å². The third-order valence-corrected chi connectivity index (χ3v) is 6.35. The first-order chi connectivity index (χ1) is 15.2. The second-order valence-electron chi connectivity index (χ2n) is 7.18. The van der Waals surface area contributed by atoms with Gasteiger partial charge in [-0.1, -0.05) is 53.8 Å². The van der Waals surface area contributed by atoms with Crippen molar-refractivity contribution >= 4 is 38.2 Å². The third kappa shape index (κ3) is 3.82. The number of carbonyl (C=O) groups is 1. The summed E-state index contributed by atoms with van der Waals surface area (Å²) in [6, 6.07) is 19.8. The number of aromatic nitrogens is 1. The number of ether oxygens (including phenoxy) is 3. The van der Waals surface area contributed by atoms with Gasteiger partial charge in [0.25, 0.3) is 5.91 Å². The molecule has 5 rings (SSSR count). The maximum atomic E-state index is 13.0. The molecule has 1 atom stereocenters. The highest BCUT2D eigenvalue weighted by molar-refractivity contribution is 7.17. The summed E-state index contributed by atoms with van der Waals surface area (Å²) in [6.07, 6.45) is -0.766. The van der Waals surface area contributed by atoms with E-state index in [0.717, 1.165) is 21.0 Å². The van der Waals surface area contributed by atoms with Gasteiger partial charge in [0.15, 0.2) is 16.3 Å². The zero-order valence-corrected chi connectivity index (χ0v) is 17.9. The highest BCUT2D eigenvalue weighted by Gasteiger charge is 2.27. The fourth-order valence-corrected chi connectivity index (χ4v) is 4.90. The van der Waals surface area contributed by atoms with Gasteiger partial charge in [-0.05, 0) is 30.5 Å². The number of rotatable bonds is 5. The summed E-state index contributed by atoms with van der Waals surface area (Å²) >= 11 is 1.51. The molecule has 7 heteroatoms. The van der Waals surface area contributed by atoms with E-state index in [9.17, 15) is 4.79 Å². The average molecular weight is 435 g/mol. The number of nitrogens with zero attached hydrogens (tertiary/aromatic N) is 2. The molecular formula is C24H22N2O4S. The first-order valence-electron chi connectivity index (χ1n) is 10.3. The van der Waals surface area contributed by atoms with Gasteiger partial charge in [0.2, 0.25) is 6.10 Å². The molecule has 3 aromatic carbocycles. The van der Waals surface area contributed by atoms with Crippen LogP contribution in [0.4, 0.5) is 0 Å². The molecule has 0 saturated carbocycles. The molecule has 6 nitrogen and oxygen atoms in total. The maximum Gasteiger partial charge on any atom is 0.292 e. The van der Waals surface area contributed by atoms with Gasteiger partial charge in [0.05, 0.1) is 16.8 Å². The van der Waals surface area contributed by atoms with Crippen LogP contribution in [0.1, 0.15) is 6.92 Å². The lowest BCUT2D eigenvalue weighted by Gasteiger charge is -2.23. The van der Waals surface area contributed by atoms with Gasteiger partial charge in [-0.15, -0.1) is 0 Å². The molecule has 1 unspecified atom stereocenters. The Balaban J connectivity index is 1.56. The van der Waals surface area contributed by atoms with E-state index in [1.165, 1.54) is 11.3 Å². The number of amides is 1. The van der Waals surface area contributed by atoms with Gasteiger partial charge in [-0.25, -0.2) is 0 Å². The van der Waals surface area contributed by atoms with Crippen molar-refractivity contribution in [2.75, 3.05) is 19.8 Å². The van der Waals surface area contributed by atoms with Crippen LogP contribution >= 0.6 is 11.3 Å². The molecule has 0 spiro atoms. The molecule has 1 aliphatic heterocycles. The van der Waals surface area contributed by atoms with E-state index in [4.69, 9.17) is 14.2 Å². The summed E-state index contributed by atoms with van der Waals surface area (Å²) in [5.41, 5.74) is 1.04. The van der Waals surface area contributed by atoms with Crippen molar-refractivity contribution in [3.8, 4) is 11.5 Å². The predicted molar refractivity (Wildman–Crippen MR) is 121 cm³/mol. The average Bonchev–Trinajstić information content (AvgIpc) is 3.16. The predicted octanol–water partition coefficient (Wildman–Crippen LogP) is 4.16. The molecule has 1 aromatic heterocycles. The lowest BCUT2D eigenvalue weighted by Crippen LogP contribution is -2.37. The second kappa shape index (κ2) is 8.53. The van der Waals surface area contributed by atoms with E-state index in [0.29, 0.717) is 36.1 Å². The Labute approximate surface area is 183 Å². The minimum Gasteiger partial charge on any atom is -0.485 e. The number of carbonyl (C=O) groups excluding carboxylic acids is 1. The summed E-state index contributed by atoms with van der Waals surface area (Å²) in [6.45, 7) is 3.92. The largest absolute Gasteiger partial charge is 0.485 e. The SMILES string of the molecule is CCOCCn1c(=NC(=O)C2COc3ccccc3O2)sc2c3ccccc3ccc21. The molecule has 0 radical (unpaired) electrons. The van der Waals surface area contributed by atoms with Crippen LogP contribution in [0.3, 0.4) is 0 Å². The van der Waals surface area contributed by atoms with Crippen molar-refractivity contribution < 1.29 is 19.0 Å². The quantitative estimate of drug-likeness (QED) is 0.443. The van der Waals surface area contributed by atoms with Crippen LogP contribution in [0, 0.1) is 0 Å². The second-order valence-corrected chi connectivity index (χ2v) is 8.16. The first kappa shape index (κ1) is 19.8. The van der Waals surface area contributed by atoms with Crippen LogP contribution < -0.4 is 14.3 Å². The summed E-state index contributed by atoms with van der Waals surface area (Å²) in [7, 11) is 0. The molecule has 2 heterocycles. The smallest absolute Gasteiger partial charge is 0.292 e. The van der Waals surface area contributed by atoms with E-state index >= 15 is 0 Å². The molecule has 4 aromatic rings. The molecule has 0 aliphatic carbocycles. The molecule has 0 bridgehead atoms. The molecule has 31 heavy (non-hydrogen) atoms. The standard InChI is InChI=1S/C24H22N2O4S/c1-2-28-14-13-26-18-12-11-16-7-3-4-8-17(16)22(18)31-24(26)25-23(27)21-15-29-19-9-5-6-10-20(19)30-21/h3-12,21H,2,13-15H2,1H3. The number of benzene rings is 3. The Kier molecular flexibility index (Phi) is 5.44. The minimum atomic E-state index is -0.766. The highest BCUT2D eigenvalue weighted by Crippen LogP contribution is 2.31. The molecule has 0 fully saturated rings. The third-order valence-electron chi connectivity index (χ3n) is 5.23. The van der Waals surface area contributed by atoms with Crippen molar-refractivity contribution in [1.82, 2.24) is 4.57 Å². The van der Waals surface area contributed by atoms with E-state index in [-0.39, 0.29) is 12.5 Å². The Morgan fingerprint density at radius 2 is 1.94 bits per heavy atom. The van der Waals surface area contributed by atoms with Gasteiger partial charge in [0.1, 0.15) is 6.61 Å². The molecule has 0 N–H and O–H groups in total. The number of hydrogen-bond acceptors (Lipinski definition) is 5. The first-order valence-corrected chi connectivity index (χ1v) is 11.1. The van der Waals surface area contributed by atoms with E-state index in [1.54, 1.807) is 6.07 Å². The monoisotopic (exact) mass is 434 g/mol. The number of hydrogen-bond donors (Lipinski definition) is 0. The lowest BCUT2D eigenvalue weighted by atomic mass is 10.1. The Morgan fingerprint density at radius 3 is 2.81 bits per heavy atom. The topological polar surface area (TPSA) is 62.1 Å². The minimum absolute atomic E-state index is 0.145. The van der Waals surface area contributed by atoms with Gasteiger partial charge in [-0.2, -0.15) is 4.99 Å². The van der Waals surface area contributed by atoms with Crippen molar-refractivity contribution in [2.24, 2.45) is 4.99 Å². The normalized spacial score (nSPS) is 16.2. The van der Waals surface area contributed by atoms with Crippen molar-refractivity contribution in [2.45, 2.75) is 19.6 Å². The van der Waals surface area contributed by atoms with E-state index in [2.05, 4.69) is 33.8 Å². The van der Waals surface area contributed by atoms with E-state index < -0.39 is 6.10 Å². The van der Waals surface area contributed by atoms with Crippen molar-refractivity contribution in [3.05, 3.63) is 65.5 Å². The lowest BCUT2D eigenvalue weighted by molar-refractivity contribution is -0.127. The fraction of sp³-hybridized carbons (Fsp3) is 0.250. The van der Waals surface area contributed by atoms with Gasteiger partial charge >= 0.3 is 0 Å². The van der Waals surface area contributed by atoms with Crippen molar-refractivity contribution in [3.63, 3.8) is 0 Å². The summed E-state index contributed by atoms with van der Waals surface area (Å²) in [5, 5.41) is 2.31. The number of fused-ring (bicyclic) bond motifs is 4. The number of thiazole rings is 1. The Hall–Kier alpha value is -3.16. The number of para-hydroxylation sites is 2. The molecule has 0 saturated heterocycles. The molecule has 158 valence electrons. The summed E-state index contributed by atoms with van der Waals surface area (Å²) < 4.78 is 20.3. The van der Waals surface area contributed by atoms with Crippen LogP contribution in [0.5, 0.6) is 11.5 Å². The van der Waals surface area contributed by atoms with Crippen LogP contribution in [-0.2, 0) is 16.1 Å². The van der Waals surface area contributed by atoms with E-state index in [1.807, 2.05) is 37.3 Å². The molecular weight excluding hydrogens is 412 g/mol. The zero-order valence-electron chi connectivity index (χ0n) is 17.1. The zero-order chi connectivity index (χ0) is 21.2. The van der Waals surface area contributed by atoms with Crippen LogP contribution in [0.25, 0.3) is 21.0 Å². The van der Waals surface area contributed by atoms with Crippen LogP contribution in [0.15, 0.2) is 65.7 Å². The van der Waals surface area contributed by atoms with Gasteiger partial charge in [0, 0.05) is 18.5 Å². The van der Waals surface area contributed by atoms with Gasteiger partial charge < -0.3 is 18.8 Å². The summed E-state index contributed by atoms with van der Waals surface area (Å²) in [4.78, 5) is 18.1. The van der Waals surface area contributed by atoms with Gasteiger partial charge in [-0.3, -0.25) is 4.79 Å². The molecule has 1 aliphatic rings.